The van der Waals surface area contributed by atoms with E-state index in [0.29, 0.717) is 57.8 Å². The number of ether oxygens (including phenoxy) is 2. The first-order chi connectivity index (χ1) is 18.8. The topological polar surface area (TPSA) is 87.7 Å². The number of hydrogen-bond acceptors (Lipinski definition) is 5. The second kappa shape index (κ2) is 10.8. The maximum absolute atomic E-state index is 13.7. The molecular weight excluding hydrogens is 521 g/mol. The zero-order chi connectivity index (χ0) is 27.7. The van der Waals surface area contributed by atoms with E-state index >= 15 is 0 Å². The smallest absolute Gasteiger partial charge is 0.273 e. The summed E-state index contributed by atoms with van der Waals surface area (Å²) in [6, 6.07) is 14.1. The molecule has 39 heavy (non-hydrogen) atoms. The van der Waals surface area contributed by atoms with Gasteiger partial charge in [0.25, 0.3) is 5.91 Å². The van der Waals surface area contributed by atoms with Gasteiger partial charge < -0.3 is 19.5 Å². The van der Waals surface area contributed by atoms with Crippen LogP contribution in [0.25, 0.3) is 11.3 Å². The Bertz CT molecular complexity index is 1550. The molecule has 3 aromatic carbocycles. The number of hydrogen-bond donors (Lipinski definition) is 2. The van der Waals surface area contributed by atoms with E-state index in [1.165, 1.54) is 12.1 Å². The van der Waals surface area contributed by atoms with Gasteiger partial charge in [0.15, 0.2) is 11.5 Å². The van der Waals surface area contributed by atoms with Gasteiger partial charge in [-0.25, -0.2) is 4.39 Å². The summed E-state index contributed by atoms with van der Waals surface area (Å²) >= 11 is 6.40. The average molecular weight is 548 g/mol. The fourth-order valence-corrected chi connectivity index (χ4v) is 4.95. The van der Waals surface area contributed by atoms with Crippen molar-refractivity contribution in [2.45, 2.75) is 26.4 Å². The van der Waals surface area contributed by atoms with Crippen molar-refractivity contribution in [1.82, 2.24) is 15.1 Å². The van der Waals surface area contributed by atoms with Crippen molar-refractivity contribution < 1.29 is 23.8 Å². The van der Waals surface area contributed by atoms with Crippen molar-refractivity contribution in [2.75, 3.05) is 13.2 Å². The standard InChI is InChI=1S/C30H27ClFN3O4/c1-4-12-39-24-11-8-19(14-25(24)38-5-2)29-26-27(21-15-22(31)17(3)13-23(21)36)33-34-28(26)30(37)35(29)16-18-6-9-20(32)10-7-18/h4,6-11,13-15,29,36H,1,5,12,16H2,2-3H3,(H,33,34). The molecule has 0 radical (unpaired) electrons. The highest BCUT2D eigenvalue weighted by Crippen LogP contribution is 2.47. The Morgan fingerprint density at radius 2 is 1.92 bits per heavy atom. The van der Waals surface area contributed by atoms with Gasteiger partial charge in [0.05, 0.1) is 12.6 Å². The van der Waals surface area contributed by atoms with Gasteiger partial charge in [-0.05, 0) is 66.9 Å². The maximum Gasteiger partial charge on any atom is 0.273 e. The van der Waals surface area contributed by atoms with E-state index in [9.17, 15) is 14.3 Å². The second-order valence-corrected chi connectivity index (χ2v) is 9.59. The van der Waals surface area contributed by atoms with Gasteiger partial charge in [-0.1, -0.05) is 42.5 Å². The molecule has 2 N–H and O–H groups in total. The molecule has 4 aromatic rings. The largest absolute Gasteiger partial charge is 0.507 e. The van der Waals surface area contributed by atoms with Crippen molar-refractivity contribution in [3.8, 4) is 28.5 Å². The number of aromatic hydroxyl groups is 1. The molecule has 0 aliphatic carbocycles. The molecule has 1 aliphatic rings. The molecule has 9 heteroatoms. The minimum absolute atomic E-state index is 0.00226. The maximum atomic E-state index is 13.7. The molecule has 200 valence electrons. The molecule has 2 heterocycles. The van der Waals surface area contributed by atoms with Crippen LogP contribution in [0, 0.1) is 12.7 Å². The van der Waals surface area contributed by atoms with Crippen LogP contribution in [0.15, 0.2) is 67.3 Å². The highest BCUT2D eigenvalue weighted by molar-refractivity contribution is 6.31. The second-order valence-electron chi connectivity index (χ2n) is 9.18. The lowest BCUT2D eigenvalue weighted by atomic mass is 9.94. The van der Waals surface area contributed by atoms with Crippen molar-refractivity contribution >= 4 is 17.5 Å². The third-order valence-corrected chi connectivity index (χ3v) is 7.01. The van der Waals surface area contributed by atoms with Crippen LogP contribution in [-0.4, -0.2) is 39.3 Å². The predicted octanol–water partition coefficient (Wildman–Crippen LogP) is 6.59. The summed E-state index contributed by atoms with van der Waals surface area (Å²) in [5, 5.41) is 18.6. The van der Waals surface area contributed by atoms with Gasteiger partial charge in [0, 0.05) is 22.7 Å². The van der Waals surface area contributed by atoms with Gasteiger partial charge in [0.1, 0.15) is 29.6 Å². The Morgan fingerprint density at radius 1 is 1.15 bits per heavy atom. The van der Waals surface area contributed by atoms with E-state index in [0.717, 1.165) is 11.1 Å². The van der Waals surface area contributed by atoms with Gasteiger partial charge in [-0.2, -0.15) is 5.10 Å². The lowest BCUT2D eigenvalue weighted by Gasteiger charge is -2.27. The molecule has 0 saturated heterocycles. The fraction of sp³-hybridized carbons (Fsp3) is 0.200. The van der Waals surface area contributed by atoms with E-state index in [4.69, 9.17) is 21.1 Å². The zero-order valence-corrected chi connectivity index (χ0v) is 22.3. The summed E-state index contributed by atoms with van der Waals surface area (Å²) in [4.78, 5) is 15.4. The van der Waals surface area contributed by atoms with Crippen LogP contribution in [-0.2, 0) is 6.54 Å². The number of phenols is 1. The van der Waals surface area contributed by atoms with E-state index in [-0.39, 0.29) is 24.0 Å². The van der Waals surface area contributed by atoms with Crippen LogP contribution in [0.5, 0.6) is 17.2 Å². The fourth-order valence-electron chi connectivity index (χ4n) is 4.79. The van der Waals surface area contributed by atoms with Gasteiger partial charge in [-0.3, -0.25) is 9.89 Å². The molecule has 1 aromatic heterocycles. The van der Waals surface area contributed by atoms with Crippen molar-refractivity contribution in [3.63, 3.8) is 0 Å². The van der Waals surface area contributed by atoms with Crippen LogP contribution in [0.4, 0.5) is 4.39 Å². The lowest BCUT2D eigenvalue weighted by Crippen LogP contribution is -2.29. The summed E-state index contributed by atoms with van der Waals surface area (Å²) in [5.74, 6) is 0.428. The molecule has 0 saturated carbocycles. The zero-order valence-electron chi connectivity index (χ0n) is 21.5. The quantitative estimate of drug-likeness (QED) is 0.231. The first-order valence-corrected chi connectivity index (χ1v) is 12.8. The number of nitrogens with zero attached hydrogens (tertiary/aromatic N) is 2. The SMILES string of the molecule is C=CCOc1ccc(C2c3c(-c4cc(Cl)c(C)cc4O)n[nH]c3C(=O)N2Cc2ccc(F)cc2)cc1OCC. The van der Waals surface area contributed by atoms with E-state index < -0.39 is 6.04 Å². The average Bonchev–Trinajstić information content (AvgIpc) is 3.46. The minimum atomic E-state index is -0.599. The number of amides is 1. The Labute approximate surface area is 230 Å². The third kappa shape index (κ3) is 4.95. The summed E-state index contributed by atoms with van der Waals surface area (Å²) < 4.78 is 25.3. The Morgan fingerprint density at radius 3 is 2.64 bits per heavy atom. The Balaban J connectivity index is 1.67. The number of aromatic nitrogens is 2. The molecule has 1 unspecified atom stereocenters. The van der Waals surface area contributed by atoms with E-state index in [1.54, 1.807) is 48.2 Å². The summed E-state index contributed by atoms with van der Waals surface area (Å²) in [6.07, 6.45) is 1.65. The van der Waals surface area contributed by atoms with E-state index in [2.05, 4.69) is 16.8 Å². The monoisotopic (exact) mass is 547 g/mol. The minimum Gasteiger partial charge on any atom is -0.507 e. The van der Waals surface area contributed by atoms with Gasteiger partial charge in [0.2, 0.25) is 0 Å². The number of H-pyrrole nitrogens is 1. The number of halogens is 2. The summed E-state index contributed by atoms with van der Waals surface area (Å²) in [6.45, 7) is 8.30. The van der Waals surface area contributed by atoms with Gasteiger partial charge >= 0.3 is 0 Å². The molecule has 1 atom stereocenters. The molecule has 7 nitrogen and oxygen atoms in total. The number of aryl methyl sites for hydroxylation is 1. The molecular formula is C30H27ClFN3O4. The third-order valence-electron chi connectivity index (χ3n) is 6.60. The summed E-state index contributed by atoms with van der Waals surface area (Å²) in [7, 11) is 0. The molecule has 0 bridgehead atoms. The summed E-state index contributed by atoms with van der Waals surface area (Å²) in [5.41, 5.74) is 3.94. The number of rotatable bonds is 9. The van der Waals surface area contributed by atoms with E-state index in [1.807, 2.05) is 19.1 Å². The number of aromatic amines is 1. The number of fused-ring (bicyclic) bond motifs is 1. The molecule has 1 amide bonds. The molecule has 0 spiro atoms. The first-order valence-electron chi connectivity index (χ1n) is 12.5. The van der Waals surface area contributed by atoms with Crippen LogP contribution in [0.2, 0.25) is 5.02 Å². The first kappa shape index (κ1) is 26.3. The lowest BCUT2D eigenvalue weighted by molar-refractivity contribution is 0.0729. The van der Waals surface area contributed by atoms with Gasteiger partial charge in [-0.15, -0.1) is 0 Å². The van der Waals surface area contributed by atoms with Crippen LogP contribution in [0.3, 0.4) is 0 Å². The molecule has 0 fully saturated rings. The normalized spacial score (nSPS) is 14.4. The number of phenolic OH excluding ortho intramolecular Hbond substituents is 1. The van der Waals surface area contributed by atoms with Crippen molar-refractivity contribution in [2.24, 2.45) is 0 Å². The number of carbonyl (C=O) groups is 1. The van der Waals surface area contributed by atoms with Crippen molar-refractivity contribution in [3.05, 3.63) is 106 Å². The van der Waals surface area contributed by atoms with Crippen LogP contribution >= 0.6 is 11.6 Å². The molecule has 1 aliphatic heterocycles. The predicted molar refractivity (Wildman–Crippen MR) is 147 cm³/mol. The highest BCUT2D eigenvalue weighted by atomic mass is 35.5. The Hall–Kier alpha value is -4.30. The number of nitrogens with one attached hydrogen (secondary N) is 1. The molecule has 5 rings (SSSR count). The highest BCUT2D eigenvalue weighted by Gasteiger charge is 2.43. The number of benzene rings is 3. The van der Waals surface area contributed by atoms with Crippen molar-refractivity contribution in [1.29, 1.82) is 0 Å². The van der Waals surface area contributed by atoms with Crippen LogP contribution < -0.4 is 9.47 Å². The Kier molecular flexibility index (Phi) is 7.30. The number of carbonyl (C=O) groups excluding carboxylic acids is 1. The van der Waals surface area contributed by atoms with Crippen LogP contribution in [0.1, 0.15) is 45.7 Å².